The number of unbranched alkanes of at least 4 members (excludes halogenated alkanes) is 4. The molecule has 0 aliphatic carbocycles. The van der Waals surface area contributed by atoms with Crippen LogP contribution in [0.5, 0.6) is 0 Å². The number of aromatic nitrogens is 8. The van der Waals surface area contributed by atoms with Crippen LogP contribution in [0, 0.1) is 63.2 Å². The second kappa shape index (κ2) is 29.6. The number of hydrogen-bond acceptors (Lipinski definition) is 4. The van der Waals surface area contributed by atoms with Gasteiger partial charge in [-0.2, -0.15) is 0 Å². The summed E-state index contributed by atoms with van der Waals surface area (Å²) in [5, 5.41) is 0. The third-order valence-electron chi connectivity index (χ3n) is 21.4. The molecule has 4 aliphatic rings. The predicted octanol–water partition coefficient (Wildman–Crippen LogP) is 23.7. The Balaban J connectivity index is 1.03. The standard InChI is InChI=1S/C90H98N8/c1-17-25-41-67-53(9)73-47-77-63(21-5)57(13)87(95-77)85(88-58(14)64(22-6)78(96-88)48-74-54(10)68(42-26-18-2)82(92-74)51-81(67)91-73)71-45-35-33-39-61(71)37-31-29-30-32-38-62-40-34-36-46-72(62)86-89-59(15)65(23-7)79(97-89)49-75-55(11)69(43-27-19-3)83(93-75)52-84-70(44-28-20-4)56(12)76(94-84)50-80-66(24-8)60(16)90(86)98-80/h33-36,39-40,45-52,91-94H,17-28,41-44H2,1-16H3. The average molecular weight is 1290 g/mol. The zero-order chi connectivity index (χ0) is 69.1. The molecule has 8 heteroatoms. The normalized spacial score (nSPS) is 12.9. The van der Waals surface area contributed by atoms with Crippen LogP contribution >= 0.6 is 0 Å². The van der Waals surface area contributed by atoms with E-state index in [4.69, 9.17) is 19.9 Å². The highest BCUT2D eigenvalue weighted by atomic mass is 14.8. The van der Waals surface area contributed by atoms with Crippen molar-refractivity contribution < 1.29 is 0 Å². The van der Waals surface area contributed by atoms with Gasteiger partial charge >= 0.3 is 0 Å². The zero-order valence-corrected chi connectivity index (χ0v) is 61.2. The van der Waals surface area contributed by atoms with Crippen LogP contribution in [-0.4, -0.2) is 39.9 Å². The second-order valence-corrected chi connectivity index (χ2v) is 27.3. The first-order valence-electron chi connectivity index (χ1n) is 36.6. The Morgan fingerprint density at radius 1 is 0.306 bits per heavy atom. The van der Waals surface area contributed by atoms with E-state index in [-0.39, 0.29) is 0 Å². The molecule has 4 aliphatic heterocycles. The third-order valence-corrected chi connectivity index (χ3v) is 21.4. The molecule has 98 heavy (non-hydrogen) atoms. The molecule has 6 aromatic heterocycles. The summed E-state index contributed by atoms with van der Waals surface area (Å²) in [5.74, 6) is 20.0. The molecule has 10 heterocycles. The quantitative estimate of drug-likeness (QED) is 0.0641. The maximum absolute atomic E-state index is 5.69. The predicted molar refractivity (Wildman–Crippen MR) is 419 cm³/mol. The zero-order valence-electron chi connectivity index (χ0n) is 61.2. The van der Waals surface area contributed by atoms with E-state index < -0.39 is 0 Å². The van der Waals surface area contributed by atoms with Crippen molar-refractivity contribution in [3.8, 4) is 57.8 Å². The van der Waals surface area contributed by atoms with Gasteiger partial charge in [-0.05, 0) is 294 Å². The number of aryl methyl sites for hydroxylation is 8. The molecule has 0 amide bonds. The second-order valence-electron chi connectivity index (χ2n) is 27.3. The lowest BCUT2D eigenvalue weighted by molar-refractivity contribution is 0.796. The molecule has 0 atom stereocenters. The maximum Gasteiger partial charge on any atom is 0.0770 e. The molecule has 8 nitrogen and oxygen atoms in total. The summed E-state index contributed by atoms with van der Waals surface area (Å²) < 4.78 is 0. The molecule has 2 aromatic carbocycles. The topological polar surface area (TPSA) is 115 Å². The summed E-state index contributed by atoms with van der Waals surface area (Å²) in [6, 6.07) is 30.8. The van der Waals surface area contributed by atoms with Crippen molar-refractivity contribution in [3.05, 3.63) is 186 Å². The minimum absolute atomic E-state index is 0.828. The van der Waals surface area contributed by atoms with E-state index in [1.807, 2.05) is 0 Å². The van der Waals surface area contributed by atoms with E-state index in [2.05, 4.69) is 251 Å². The van der Waals surface area contributed by atoms with Gasteiger partial charge in [0.05, 0.1) is 45.6 Å². The van der Waals surface area contributed by atoms with Crippen molar-refractivity contribution in [2.45, 2.75) is 214 Å². The molecule has 0 saturated carbocycles. The number of aromatic amines is 4. The Bertz CT molecular complexity index is 4670. The van der Waals surface area contributed by atoms with Gasteiger partial charge in [0.1, 0.15) is 0 Å². The Labute approximate surface area is 582 Å². The van der Waals surface area contributed by atoms with Crippen molar-refractivity contribution >= 4 is 88.7 Å². The number of hydrogen-bond donors (Lipinski definition) is 4. The molecular weight excluding hydrogens is 1190 g/mol. The molecule has 16 bridgehead atoms. The molecule has 0 fully saturated rings. The average Bonchev–Trinajstić information content (AvgIpc) is 1.59. The Morgan fingerprint density at radius 3 is 0.806 bits per heavy atom. The van der Waals surface area contributed by atoms with Gasteiger partial charge in [-0.25, -0.2) is 19.9 Å². The van der Waals surface area contributed by atoms with Gasteiger partial charge in [-0.15, -0.1) is 0 Å². The molecule has 8 aromatic rings. The van der Waals surface area contributed by atoms with Gasteiger partial charge in [-0.1, -0.05) is 129 Å². The Kier molecular flexibility index (Phi) is 20.6. The highest BCUT2D eigenvalue weighted by Gasteiger charge is 2.30. The summed E-state index contributed by atoms with van der Waals surface area (Å²) in [7, 11) is 0. The fourth-order valence-corrected chi connectivity index (χ4v) is 15.6. The van der Waals surface area contributed by atoms with E-state index in [9.17, 15) is 0 Å². The molecule has 498 valence electrons. The molecule has 0 spiro atoms. The smallest absolute Gasteiger partial charge is 0.0770 e. The first-order valence-corrected chi connectivity index (χ1v) is 36.6. The highest BCUT2D eigenvalue weighted by Crippen LogP contribution is 2.47. The molecule has 4 N–H and O–H groups in total. The van der Waals surface area contributed by atoms with Crippen molar-refractivity contribution in [3.63, 3.8) is 0 Å². The summed E-state index contributed by atoms with van der Waals surface area (Å²) in [5.41, 5.74) is 42.5. The first kappa shape index (κ1) is 68.3. The van der Waals surface area contributed by atoms with Crippen LogP contribution in [0.1, 0.15) is 261 Å². The summed E-state index contributed by atoms with van der Waals surface area (Å²) >= 11 is 0. The summed E-state index contributed by atoms with van der Waals surface area (Å²) in [4.78, 5) is 38.5. The SMILES string of the molecule is CCCCc1c(C)c2cc3nc(c(-c4ccccc4C#CC#CC#Cc4ccccc4-c4c5nc(cc6[nH]c(cc7[nH]c(cc8nc4C(C)=C8CC)c(C)c7CCCC)c(CCCC)c6C)C(CC)=C5C)c4nc(cc5[nH]c(cc1[nH]2)c(CCCC)c5C)C(CC)=C4C)C(C)=C3CC. The first-order chi connectivity index (χ1) is 47.6. The number of rotatable bonds is 18. The molecule has 12 rings (SSSR count). The van der Waals surface area contributed by atoms with Crippen LogP contribution in [0.2, 0.25) is 0 Å². The minimum Gasteiger partial charge on any atom is -0.355 e. The number of benzene rings is 2. The number of nitrogens with zero attached hydrogens (tertiary/aromatic N) is 4. The van der Waals surface area contributed by atoms with Gasteiger partial charge in [0.25, 0.3) is 0 Å². The monoisotopic (exact) mass is 1290 g/mol. The lowest BCUT2D eigenvalue weighted by Crippen LogP contribution is -1.95. The fraction of sp³-hybridized carbons (Fsp3) is 0.356. The third kappa shape index (κ3) is 12.8. The molecule has 0 saturated heterocycles. The van der Waals surface area contributed by atoms with E-state index in [1.54, 1.807) is 0 Å². The van der Waals surface area contributed by atoms with E-state index in [0.29, 0.717) is 0 Å². The van der Waals surface area contributed by atoms with Crippen LogP contribution in [0.4, 0.5) is 0 Å². The van der Waals surface area contributed by atoms with Crippen LogP contribution in [-0.2, 0) is 25.7 Å². The number of nitrogens with one attached hydrogen (secondary N) is 4. The molecular formula is C90H98N8. The van der Waals surface area contributed by atoms with Crippen LogP contribution in [0.15, 0.2) is 84.9 Å². The van der Waals surface area contributed by atoms with Crippen LogP contribution in [0.3, 0.4) is 0 Å². The van der Waals surface area contributed by atoms with Gasteiger partial charge in [-0.3, -0.25) is 0 Å². The van der Waals surface area contributed by atoms with Crippen LogP contribution in [0.25, 0.3) is 111 Å². The lowest BCUT2D eigenvalue weighted by atomic mass is 9.91. The van der Waals surface area contributed by atoms with Crippen molar-refractivity contribution in [1.29, 1.82) is 0 Å². The van der Waals surface area contributed by atoms with E-state index >= 15 is 0 Å². The number of H-pyrrole nitrogens is 4. The molecule has 0 unspecified atom stereocenters. The van der Waals surface area contributed by atoms with Gasteiger partial charge in [0.15, 0.2) is 0 Å². The maximum atomic E-state index is 5.69. The summed E-state index contributed by atoms with van der Waals surface area (Å²) in [6.45, 7) is 36.2. The minimum atomic E-state index is 0.828. The van der Waals surface area contributed by atoms with E-state index in [1.165, 1.54) is 88.9 Å². The highest BCUT2D eigenvalue weighted by molar-refractivity contribution is 6.05. The van der Waals surface area contributed by atoms with Gasteiger partial charge in [0.2, 0.25) is 0 Å². The number of fused-ring (bicyclic) bond motifs is 16. The summed E-state index contributed by atoms with van der Waals surface area (Å²) in [6.07, 6.45) is 16.3. The number of allylic oxidation sites excluding steroid dienone is 8. The largest absolute Gasteiger partial charge is 0.355 e. The van der Waals surface area contributed by atoms with Crippen molar-refractivity contribution in [1.82, 2.24) is 39.9 Å². The van der Waals surface area contributed by atoms with Crippen LogP contribution < -0.4 is 0 Å². The van der Waals surface area contributed by atoms with Gasteiger partial charge in [0, 0.05) is 77.5 Å². The lowest BCUT2D eigenvalue weighted by Gasteiger charge is -2.12. The van der Waals surface area contributed by atoms with Crippen molar-refractivity contribution in [2.24, 2.45) is 0 Å². The van der Waals surface area contributed by atoms with Gasteiger partial charge < -0.3 is 19.9 Å². The fourth-order valence-electron chi connectivity index (χ4n) is 15.6. The Morgan fingerprint density at radius 2 is 0.561 bits per heavy atom. The molecule has 0 radical (unpaired) electrons. The van der Waals surface area contributed by atoms with E-state index in [0.717, 1.165) is 226 Å². The van der Waals surface area contributed by atoms with Crippen molar-refractivity contribution in [2.75, 3.05) is 0 Å². The Hall–Kier alpha value is -9.68.